The fourth-order valence-electron chi connectivity index (χ4n) is 2.02. The molecule has 0 saturated heterocycles. The summed E-state index contributed by atoms with van der Waals surface area (Å²) in [4.78, 5) is 4.05. The molecule has 1 heterocycles. The zero-order valence-electron chi connectivity index (χ0n) is 14.2. The number of benzene rings is 1. The van der Waals surface area contributed by atoms with E-state index in [1.54, 1.807) is 12.3 Å². The molecule has 0 saturated carbocycles. The molecule has 2 rings (SSSR count). The minimum atomic E-state index is 0. The predicted octanol–water partition coefficient (Wildman–Crippen LogP) is 4.63. The zero-order valence-corrected chi connectivity index (χ0v) is 15.8. The summed E-state index contributed by atoms with van der Waals surface area (Å²) in [6.45, 7) is 8.04. The molecule has 24 heavy (non-hydrogen) atoms. The highest BCUT2D eigenvalue weighted by Gasteiger charge is 2.08. The van der Waals surface area contributed by atoms with Crippen molar-refractivity contribution in [2.75, 3.05) is 6.61 Å². The van der Waals surface area contributed by atoms with Crippen molar-refractivity contribution in [3.8, 4) is 11.5 Å². The van der Waals surface area contributed by atoms with Crippen LogP contribution in [-0.4, -0.2) is 17.6 Å². The molecule has 0 radical (unpaired) electrons. The molecule has 0 atom stereocenters. The third-order valence-corrected chi connectivity index (χ3v) is 3.43. The van der Waals surface area contributed by atoms with E-state index in [1.165, 1.54) is 5.56 Å². The van der Waals surface area contributed by atoms with Gasteiger partial charge in [0.05, 0.1) is 6.61 Å². The molecule has 1 aromatic heterocycles. The van der Waals surface area contributed by atoms with Gasteiger partial charge in [0.15, 0.2) is 11.5 Å². The molecule has 2 aromatic rings. The van der Waals surface area contributed by atoms with Crippen LogP contribution in [0.1, 0.15) is 31.9 Å². The second-order valence-corrected chi connectivity index (χ2v) is 5.91. The fourth-order valence-corrected chi connectivity index (χ4v) is 2.14. The van der Waals surface area contributed by atoms with Gasteiger partial charge in [0, 0.05) is 24.3 Å². The Labute approximate surface area is 154 Å². The summed E-state index contributed by atoms with van der Waals surface area (Å²) < 4.78 is 11.6. The molecule has 0 bridgehead atoms. The number of pyridine rings is 1. The summed E-state index contributed by atoms with van der Waals surface area (Å²) in [6, 6.07) is 10.1. The lowest BCUT2D eigenvalue weighted by molar-refractivity contribution is 0.268. The summed E-state index contributed by atoms with van der Waals surface area (Å²) in [7, 11) is 0. The standard InChI is InChI=1S/C18H23ClN2O2.ClH/c1-4-22-17-9-14(10-20-13(2)3)5-7-16(17)23-12-15-6-8-18(19)21-11-15;/h5-9,11,13,20H,4,10,12H2,1-3H3;1H. The highest BCUT2D eigenvalue weighted by molar-refractivity contribution is 6.29. The van der Waals surface area contributed by atoms with Gasteiger partial charge in [0.2, 0.25) is 0 Å². The highest BCUT2D eigenvalue weighted by Crippen LogP contribution is 2.29. The first-order chi connectivity index (χ1) is 11.1. The van der Waals surface area contributed by atoms with Crippen LogP contribution in [0.4, 0.5) is 0 Å². The van der Waals surface area contributed by atoms with Crippen molar-refractivity contribution >= 4 is 24.0 Å². The van der Waals surface area contributed by atoms with Crippen LogP contribution in [0.25, 0.3) is 0 Å². The Bertz CT molecular complexity index is 619. The number of ether oxygens (including phenoxy) is 2. The van der Waals surface area contributed by atoms with Crippen LogP contribution in [0.5, 0.6) is 11.5 Å². The predicted molar refractivity (Wildman–Crippen MR) is 100 cm³/mol. The van der Waals surface area contributed by atoms with Crippen LogP contribution in [-0.2, 0) is 13.2 Å². The van der Waals surface area contributed by atoms with Gasteiger partial charge < -0.3 is 14.8 Å². The Morgan fingerprint density at radius 2 is 1.83 bits per heavy atom. The topological polar surface area (TPSA) is 43.4 Å². The van der Waals surface area contributed by atoms with E-state index in [0.717, 1.165) is 23.6 Å². The zero-order chi connectivity index (χ0) is 16.7. The van der Waals surface area contributed by atoms with Crippen LogP contribution in [0, 0.1) is 0 Å². The van der Waals surface area contributed by atoms with Crippen LogP contribution < -0.4 is 14.8 Å². The van der Waals surface area contributed by atoms with Crippen LogP contribution >= 0.6 is 24.0 Å². The molecule has 0 spiro atoms. The van der Waals surface area contributed by atoms with Gasteiger partial charge in [-0.1, -0.05) is 37.6 Å². The number of rotatable bonds is 8. The maximum Gasteiger partial charge on any atom is 0.161 e. The second-order valence-electron chi connectivity index (χ2n) is 5.53. The Morgan fingerprint density at radius 3 is 2.46 bits per heavy atom. The molecule has 6 heteroatoms. The quantitative estimate of drug-likeness (QED) is 0.687. The van der Waals surface area contributed by atoms with Gasteiger partial charge in [-0.15, -0.1) is 12.4 Å². The van der Waals surface area contributed by atoms with Gasteiger partial charge in [-0.25, -0.2) is 4.98 Å². The normalized spacial score (nSPS) is 10.4. The molecule has 0 aliphatic rings. The number of nitrogens with zero attached hydrogens (tertiary/aromatic N) is 1. The van der Waals surface area contributed by atoms with Gasteiger partial charge in [0.25, 0.3) is 0 Å². The summed E-state index contributed by atoms with van der Waals surface area (Å²) in [6.07, 6.45) is 1.71. The van der Waals surface area contributed by atoms with Crippen LogP contribution in [0.3, 0.4) is 0 Å². The number of aromatic nitrogens is 1. The molecule has 0 unspecified atom stereocenters. The minimum Gasteiger partial charge on any atom is -0.490 e. The maximum atomic E-state index is 5.87. The van der Waals surface area contributed by atoms with Gasteiger partial charge >= 0.3 is 0 Å². The summed E-state index contributed by atoms with van der Waals surface area (Å²) >= 11 is 5.79. The van der Waals surface area contributed by atoms with E-state index < -0.39 is 0 Å². The van der Waals surface area contributed by atoms with Crippen molar-refractivity contribution in [3.63, 3.8) is 0 Å². The molecular weight excluding hydrogens is 347 g/mol. The van der Waals surface area contributed by atoms with Gasteiger partial charge in [-0.05, 0) is 30.7 Å². The smallest absolute Gasteiger partial charge is 0.161 e. The van der Waals surface area contributed by atoms with E-state index in [1.807, 2.05) is 31.2 Å². The number of nitrogens with one attached hydrogen (secondary N) is 1. The molecule has 0 aliphatic heterocycles. The Balaban J connectivity index is 0.00000288. The van der Waals surface area contributed by atoms with Gasteiger partial charge in [-0.3, -0.25) is 0 Å². The molecular formula is C18H24Cl2N2O2. The lowest BCUT2D eigenvalue weighted by Crippen LogP contribution is -2.21. The van der Waals surface area contributed by atoms with Crippen LogP contribution in [0.2, 0.25) is 5.15 Å². The summed E-state index contributed by atoms with van der Waals surface area (Å²) in [5.41, 5.74) is 2.13. The average Bonchev–Trinajstić information content (AvgIpc) is 2.54. The summed E-state index contributed by atoms with van der Waals surface area (Å²) in [5.74, 6) is 1.49. The SMILES string of the molecule is CCOc1cc(CNC(C)C)ccc1OCc1ccc(Cl)nc1.Cl. The number of hydrogen-bond acceptors (Lipinski definition) is 4. The lowest BCUT2D eigenvalue weighted by Gasteiger charge is -2.14. The van der Waals surface area contributed by atoms with Crippen molar-refractivity contribution in [2.24, 2.45) is 0 Å². The number of halogens is 2. The van der Waals surface area contributed by atoms with E-state index in [-0.39, 0.29) is 12.4 Å². The third kappa shape index (κ3) is 6.56. The van der Waals surface area contributed by atoms with Crippen molar-refractivity contribution < 1.29 is 9.47 Å². The van der Waals surface area contributed by atoms with E-state index in [9.17, 15) is 0 Å². The monoisotopic (exact) mass is 370 g/mol. The first-order valence-corrected chi connectivity index (χ1v) is 8.18. The van der Waals surface area contributed by atoms with Crippen molar-refractivity contribution in [1.82, 2.24) is 10.3 Å². The fraction of sp³-hybridized carbons (Fsp3) is 0.389. The third-order valence-electron chi connectivity index (χ3n) is 3.21. The minimum absolute atomic E-state index is 0. The van der Waals surface area contributed by atoms with E-state index in [0.29, 0.717) is 24.4 Å². The van der Waals surface area contributed by atoms with E-state index in [4.69, 9.17) is 21.1 Å². The van der Waals surface area contributed by atoms with Crippen LogP contribution in [0.15, 0.2) is 36.5 Å². The molecule has 1 N–H and O–H groups in total. The lowest BCUT2D eigenvalue weighted by atomic mass is 10.2. The molecule has 0 amide bonds. The summed E-state index contributed by atoms with van der Waals surface area (Å²) in [5, 5.41) is 3.87. The van der Waals surface area contributed by atoms with E-state index >= 15 is 0 Å². The molecule has 4 nitrogen and oxygen atoms in total. The van der Waals surface area contributed by atoms with Gasteiger partial charge in [-0.2, -0.15) is 0 Å². The molecule has 1 aromatic carbocycles. The molecule has 132 valence electrons. The first-order valence-electron chi connectivity index (χ1n) is 7.80. The highest BCUT2D eigenvalue weighted by atomic mass is 35.5. The molecule has 0 aliphatic carbocycles. The average molecular weight is 371 g/mol. The second kappa shape index (κ2) is 10.4. The van der Waals surface area contributed by atoms with E-state index in [2.05, 4.69) is 24.1 Å². The Morgan fingerprint density at radius 1 is 1.08 bits per heavy atom. The number of hydrogen-bond donors (Lipinski definition) is 1. The van der Waals surface area contributed by atoms with Crippen molar-refractivity contribution in [2.45, 2.75) is 40.0 Å². The van der Waals surface area contributed by atoms with Crippen molar-refractivity contribution in [1.29, 1.82) is 0 Å². The first kappa shape index (κ1) is 20.6. The largest absolute Gasteiger partial charge is 0.490 e. The Hall–Kier alpha value is -1.49. The van der Waals surface area contributed by atoms with Gasteiger partial charge in [0.1, 0.15) is 11.8 Å². The Kier molecular flexibility index (Phi) is 8.90. The molecule has 0 fully saturated rings. The van der Waals surface area contributed by atoms with Crippen molar-refractivity contribution in [3.05, 3.63) is 52.8 Å². The maximum absolute atomic E-state index is 5.87.